The van der Waals surface area contributed by atoms with Crippen LogP contribution in [-0.4, -0.2) is 37.1 Å². The Bertz CT molecular complexity index is 989. The summed E-state index contributed by atoms with van der Waals surface area (Å²) in [5.41, 5.74) is 1.91. The van der Waals surface area contributed by atoms with Crippen molar-refractivity contribution in [3.63, 3.8) is 0 Å². The van der Waals surface area contributed by atoms with Crippen LogP contribution in [0.4, 0.5) is 5.95 Å². The Kier molecular flexibility index (Phi) is 3.72. The van der Waals surface area contributed by atoms with Gasteiger partial charge in [-0.3, -0.25) is 19.8 Å². The van der Waals surface area contributed by atoms with Gasteiger partial charge in [-0.2, -0.15) is 4.98 Å². The van der Waals surface area contributed by atoms with Crippen LogP contribution in [0.25, 0.3) is 11.4 Å². The molecule has 1 saturated heterocycles. The van der Waals surface area contributed by atoms with Crippen LogP contribution < -0.4 is 4.90 Å². The molecule has 27 heavy (non-hydrogen) atoms. The third kappa shape index (κ3) is 2.70. The number of hydrogen-bond donors (Lipinski definition) is 1. The summed E-state index contributed by atoms with van der Waals surface area (Å²) in [6.45, 7) is 2.18. The number of anilines is 1. The second-order valence-electron chi connectivity index (χ2n) is 7.15. The molecule has 5 rings (SSSR count). The van der Waals surface area contributed by atoms with Crippen LogP contribution in [0.1, 0.15) is 12.5 Å². The van der Waals surface area contributed by atoms with Crippen molar-refractivity contribution < 1.29 is 4.79 Å². The van der Waals surface area contributed by atoms with Gasteiger partial charge in [-0.15, -0.1) is 5.10 Å². The van der Waals surface area contributed by atoms with E-state index in [1.165, 1.54) is 0 Å². The lowest BCUT2D eigenvalue weighted by Crippen LogP contribution is -2.35. The molecule has 0 unspecified atom stereocenters. The summed E-state index contributed by atoms with van der Waals surface area (Å²) in [5, 5.41) is 7.70. The minimum absolute atomic E-state index is 0.0733. The molecule has 136 valence electrons. The lowest BCUT2D eigenvalue weighted by atomic mass is 9.95. The third-order valence-electron chi connectivity index (χ3n) is 5.60. The van der Waals surface area contributed by atoms with Gasteiger partial charge in [0.2, 0.25) is 5.91 Å². The Labute approximate surface area is 160 Å². The molecule has 0 spiro atoms. The standard InChI is InChI=1S/C19H17ClN6O/c1-10-15-13(8-11-2-3-14(20)22-9-11)18(27)26(16(10)15)19-23-17(24-25-19)12-4-6-21-7-5-12/h2-7,9-10,13,15-16H,8H2,1H3,(H,23,24,25)/t10-,13+,15-,16-/m0/s1. The van der Waals surface area contributed by atoms with Gasteiger partial charge >= 0.3 is 0 Å². The van der Waals surface area contributed by atoms with Crippen LogP contribution in [0.5, 0.6) is 0 Å². The van der Waals surface area contributed by atoms with Crippen LogP contribution in [-0.2, 0) is 11.2 Å². The molecule has 0 bridgehead atoms. The van der Waals surface area contributed by atoms with Gasteiger partial charge < -0.3 is 0 Å². The Morgan fingerprint density at radius 2 is 2.04 bits per heavy atom. The summed E-state index contributed by atoms with van der Waals surface area (Å²) in [4.78, 5) is 27.5. The van der Waals surface area contributed by atoms with Crippen molar-refractivity contribution in [1.29, 1.82) is 0 Å². The van der Waals surface area contributed by atoms with Gasteiger partial charge in [0, 0.05) is 36.1 Å². The maximum Gasteiger partial charge on any atom is 0.251 e. The summed E-state index contributed by atoms with van der Waals surface area (Å²) in [7, 11) is 0. The number of halogens is 1. The Hall–Kier alpha value is -2.80. The first-order valence-electron chi connectivity index (χ1n) is 8.90. The van der Waals surface area contributed by atoms with E-state index in [2.05, 4.69) is 32.1 Å². The molecule has 0 aromatic carbocycles. The molecule has 8 heteroatoms. The number of fused-ring (bicyclic) bond motifs is 1. The number of aromatic amines is 1. The zero-order valence-electron chi connectivity index (χ0n) is 14.6. The molecule has 0 radical (unpaired) electrons. The minimum Gasteiger partial charge on any atom is -0.275 e. The zero-order chi connectivity index (χ0) is 18.5. The fourth-order valence-electron chi connectivity index (χ4n) is 4.21. The van der Waals surface area contributed by atoms with Gasteiger partial charge in [0.05, 0.1) is 0 Å². The summed E-state index contributed by atoms with van der Waals surface area (Å²) in [5.74, 6) is 1.86. The number of piperidine rings is 1. The van der Waals surface area contributed by atoms with E-state index in [1.54, 1.807) is 29.6 Å². The van der Waals surface area contributed by atoms with Crippen LogP contribution in [0.3, 0.4) is 0 Å². The quantitative estimate of drug-likeness (QED) is 0.703. The van der Waals surface area contributed by atoms with Crippen LogP contribution in [0.15, 0.2) is 42.9 Å². The molecule has 3 aromatic rings. The number of nitrogens with zero attached hydrogens (tertiary/aromatic N) is 5. The highest BCUT2D eigenvalue weighted by Crippen LogP contribution is 2.55. The smallest absolute Gasteiger partial charge is 0.251 e. The van der Waals surface area contributed by atoms with Gasteiger partial charge in [0.1, 0.15) is 5.15 Å². The maximum absolute atomic E-state index is 13.1. The average Bonchev–Trinajstić information content (AvgIpc) is 3.03. The molecular weight excluding hydrogens is 364 g/mol. The summed E-state index contributed by atoms with van der Waals surface area (Å²) >= 11 is 5.86. The third-order valence-corrected chi connectivity index (χ3v) is 5.83. The fraction of sp³-hybridized carbons (Fsp3) is 0.316. The molecule has 2 fully saturated rings. The predicted molar refractivity (Wildman–Crippen MR) is 100.0 cm³/mol. The Balaban J connectivity index is 1.40. The first-order valence-corrected chi connectivity index (χ1v) is 9.27. The minimum atomic E-state index is -0.0733. The van der Waals surface area contributed by atoms with Gasteiger partial charge in [-0.1, -0.05) is 24.6 Å². The molecule has 4 heterocycles. The Morgan fingerprint density at radius 1 is 1.22 bits per heavy atom. The first kappa shape index (κ1) is 16.4. The normalized spacial score (nSPS) is 26.3. The van der Waals surface area contributed by atoms with E-state index in [4.69, 9.17) is 11.6 Å². The summed E-state index contributed by atoms with van der Waals surface area (Å²) < 4.78 is 0. The van der Waals surface area contributed by atoms with Crippen LogP contribution in [0.2, 0.25) is 5.15 Å². The van der Waals surface area contributed by atoms with Crippen molar-refractivity contribution in [2.24, 2.45) is 17.8 Å². The number of rotatable bonds is 4. The van der Waals surface area contributed by atoms with Crippen LogP contribution >= 0.6 is 11.6 Å². The van der Waals surface area contributed by atoms with Crippen molar-refractivity contribution in [1.82, 2.24) is 25.1 Å². The molecule has 1 aliphatic carbocycles. The largest absolute Gasteiger partial charge is 0.275 e. The van der Waals surface area contributed by atoms with Gasteiger partial charge in [0.15, 0.2) is 5.82 Å². The number of aromatic nitrogens is 5. The van der Waals surface area contributed by atoms with Crippen molar-refractivity contribution in [2.45, 2.75) is 19.4 Å². The first-order chi connectivity index (χ1) is 13.1. The maximum atomic E-state index is 13.1. The number of pyridine rings is 2. The summed E-state index contributed by atoms with van der Waals surface area (Å²) in [6, 6.07) is 7.58. The summed E-state index contributed by atoms with van der Waals surface area (Å²) in [6.07, 6.45) is 5.81. The number of nitrogens with one attached hydrogen (secondary N) is 1. The number of H-pyrrole nitrogens is 1. The van der Waals surface area contributed by atoms with Crippen molar-refractivity contribution >= 4 is 23.5 Å². The van der Waals surface area contributed by atoms with Gasteiger partial charge in [0.25, 0.3) is 5.95 Å². The highest BCUT2D eigenvalue weighted by molar-refractivity contribution is 6.29. The van der Waals surface area contributed by atoms with Crippen molar-refractivity contribution in [3.05, 3.63) is 53.6 Å². The molecular formula is C19H17ClN6O. The second kappa shape index (κ2) is 6.13. The number of carbonyl (C=O) groups excluding carboxylic acids is 1. The van der Waals surface area contributed by atoms with E-state index in [1.807, 2.05) is 18.2 Å². The lowest BCUT2D eigenvalue weighted by Gasteiger charge is -2.19. The van der Waals surface area contributed by atoms with E-state index in [-0.39, 0.29) is 17.9 Å². The number of amides is 1. The molecule has 3 aromatic heterocycles. The molecule has 1 N–H and O–H groups in total. The SMILES string of the molecule is C[C@H]1[C@@H]2[C@H]1N(c1n[nH]c(-c3ccncc3)n1)C(=O)[C@@H]2Cc1ccc(Cl)nc1. The van der Waals surface area contributed by atoms with Crippen LogP contribution in [0, 0.1) is 17.8 Å². The molecule has 2 aliphatic rings. The molecule has 1 saturated carbocycles. The topological polar surface area (TPSA) is 87.7 Å². The highest BCUT2D eigenvalue weighted by Gasteiger charge is 2.65. The second-order valence-corrected chi connectivity index (χ2v) is 7.54. The zero-order valence-corrected chi connectivity index (χ0v) is 15.3. The van der Waals surface area contributed by atoms with E-state index in [0.29, 0.717) is 35.2 Å². The molecule has 1 amide bonds. The van der Waals surface area contributed by atoms with Crippen molar-refractivity contribution in [3.8, 4) is 11.4 Å². The predicted octanol–water partition coefficient (Wildman–Crippen LogP) is 2.76. The molecule has 1 aliphatic heterocycles. The van der Waals surface area contributed by atoms with E-state index in [0.717, 1.165) is 11.1 Å². The Morgan fingerprint density at radius 3 is 2.78 bits per heavy atom. The van der Waals surface area contributed by atoms with Crippen molar-refractivity contribution in [2.75, 3.05) is 4.90 Å². The average molecular weight is 381 g/mol. The number of carbonyl (C=O) groups is 1. The fourth-order valence-corrected chi connectivity index (χ4v) is 4.32. The molecule has 4 atom stereocenters. The lowest BCUT2D eigenvalue weighted by molar-refractivity contribution is -0.121. The monoisotopic (exact) mass is 380 g/mol. The van der Waals surface area contributed by atoms with Gasteiger partial charge in [-0.25, -0.2) is 4.98 Å². The van der Waals surface area contributed by atoms with E-state index < -0.39 is 0 Å². The van der Waals surface area contributed by atoms with E-state index >= 15 is 0 Å². The number of hydrogen-bond acceptors (Lipinski definition) is 5. The van der Waals surface area contributed by atoms with Gasteiger partial charge in [-0.05, 0) is 42.0 Å². The van der Waals surface area contributed by atoms with E-state index in [9.17, 15) is 4.79 Å². The highest BCUT2D eigenvalue weighted by atomic mass is 35.5. The molecule has 7 nitrogen and oxygen atoms in total.